The lowest BCUT2D eigenvalue weighted by Gasteiger charge is -2.50. The molecule has 1 rings (SSSR count). The lowest BCUT2D eigenvalue weighted by Crippen LogP contribution is -2.70. The quantitative estimate of drug-likeness (QED) is 0.781. The van der Waals surface area contributed by atoms with Crippen molar-refractivity contribution in [1.82, 2.24) is 5.32 Å². The molecule has 1 aliphatic rings. The molecule has 1 aliphatic carbocycles. The Hall–Kier alpha value is -0.673. The van der Waals surface area contributed by atoms with Crippen LogP contribution in [0.3, 0.4) is 0 Å². The summed E-state index contributed by atoms with van der Waals surface area (Å²) >= 11 is 0. The maximum Gasteiger partial charge on any atom is 0.176 e. The van der Waals surface area contributed by atoms with Crippen molar-refractivity contribution in [3.8, 4) is 0 Å². The minimum Gasteiger partial charge on any atom is -0.304 e. The number of hydrogen-bond acceptors (Lipinski definition) is 2. The summed E-state index contributed by atoms with van der Waals surface area (Å²) in [6, 6.07) is 0. The van der Waals surface area contributed by atoms with Gasteiger partial charge in [0.05, 0.1) is 13.2 Å². The first-order valence-corrected chi connectivity index (χ1v) is 9.34. The molecule has 0 aromatic carbocycles. The fourth-order valence-corrected chi connectivity index (χ4v) is 5.32. The van der Waals surface area contributed by atoms with Crippen LogP contribution in [0.4, 0.5) is 0 Å². The van der Waals surface area contributed by atoms with Crippen LogP contribution < -0.4 is 5.32 Å². The van der Waals surface area contributed by atoms with Crippen LogP contribution in [0, 0.1) is 0 Å². The zero-order chi connectivity index (χ0) is 13.3. The van der Waals surface area contributed by atoms with Gasteiger partial charge in [-0.25, -0.2) is 0 Å². The maximum absolute atomic E-state index is 12.4. The van der Waals surface area contributed by atoms with Crippen molar-refractivity contribution in [3.63, 3.8) is 0 Å². The van der Waals surface area contributed by atoms with Gasteiger partial charge in [0.2, 0.25) is 0 Å². The molecule has 0 saturated heterocycles. The van der Waals surface area contributed by atoms with Crippen LogP contribution in [-0.4, -0.2) is 25.6 Å². The number of likely N-dealkylation sites (N-methyl/N-ethyl adjacent to an activating group) is 1. The van der Waals surface area contributed by atoms with Crippen LogP contribution >= 0.6 is 0 Å². The predicted octanol–water partition coefficient (Wildman–Crippen LogP) is 3.08. The number of allylic oxidation sites excluding steroid dienone is 2. The molecule has 0 amide bonds. The Morgan fingerprint density at radius 3 is 2.29 bits per heavy atom. The van der Waals surface area contributed by atoms with Crippen molar-refractivity contribution >= 4 is 13.9 Å². The second kappa shape index (κ2) is 4.54. The third-order valence-electron chi connectivity index (χ3n) is 4.41. The van der Waals surface area contributed by atoms with Crippen molar-refractivity contribution in [2.45, 2.75) is 51.0 Å². The standard InChI is InChI=1S/C14H25NOSi/c1-7-15-14(11-9-8-10-12(14)16)17(5,6)13(2,3)4/h8-11,15H,7H2,1-6H3/t14-/m1/s1. The van der Waals surface area contributed by atoms with Gasteiger partial charge in [0.15, 0.2) is 5.78 Å². The van der Waals surface area contributed by atoms with E-state index < -0.39 is 13.2 Å². The van der Waals surface area contributed by atoms with Crippen molar-refractivity contribution in [2.24, 2.45) is 0 Å². The monoisotopic (exact) mass is 251 g/mol. The van der Waals surface area contributed by atoms with Crippen LogP contribution in [0.5, 0.6) is 0 Å². The van der Waals surface area contributed by atoms with E-state index in [4.69, 9.17) is 0 Å². The molecule has 96 valence electrons. The topological polar surface area (TPSA) is 29.1 Å². The van der Waals surface area contributed by atoms with Gasteiger partial charge >= 0.3 is 0 Å². The molecule has 0 unspecified atom stereocenters. The van der Waals surface area contributed by atoms with Crippen LogP contribution in [0.25, 0.3) is 0 Å². The highest BCUT2D eigenvalue weighted by molar-refractivity contribution is 6.87. The number of carbonyl (C=O) groups is 1. The first-order chi connectivity index (χ1) is 7.69. The molecule has 2 nitrogen and oxygen atoms in total. The molecule has 1 N–H and O–H groups in total. The maximum atomic E-state index is 12.4. The average Bonchev–Trinajstić information content (AvgIpc) is 2.20. The smallest absolute Gasteiger partial charge is 0.176 e. The Morgan fingerprint density at radius 1 is 1.29 bits per heavy atom. The van der Waals surface area contributed by atoms with Crippen molar-refractivity contribution < 1.29 is 4.79 Å². The first-order valence-electron chi connectivity index (χ1n) is 6.34. The fraction of sp³-hybridized carbons (Fsp3) is 0.643. The zero-order valence-electron chi connectivity index (χ0n) is 11.9. The SMILES string of the molecule is CCN[C@@]1([Si](C)(C)C(C)(C)C)C=CC=CC1=O. The molecular weight excluding hydrogens is 226 g/mol. The van der Waals surface area contributed by atoms with Gasteiger partial charge in [0.25, 0.3) is 0 Å². The third-order valence-corrected chi connectivity index (χ3v) is 10.7. The molecule has 0 spiro atoms. The second-order valence-electron chi connectivity index (χ2n) is 6.30. The number of nitrogens with one attached hydrogen (secondary N) is 1. The summed E-state index contributed by atoms with van der Waals surface area (Å²) < 4.78 is 0. The largest absolute Gasteiger partial charge is 0.304 e. The Kier molecular flexibility index (Phi) is 3.84. The summed E-state index contributed by atoms with van der Waals surface area (Å²) in [4.78, 5) is 12.4. The van der Waals surface area contributed by atoms with Gasteiger partial charge in [-0.05, 0) is 17.7 Å². The summed E-state index contributed by atoms with van der Waals surface area (Å²) in [5.74, 6) is 0.216. The average molecular weight is 251 g/mol. The lowest BCUT2D eigenvalue weighted by molar-refractivity contribution is -0.117. The molecule has 0 aromatic heterocycles. The van der Waals surface area contributed by atoms with E-state index >= 15 is 0 Å². The molecule has 0 aliphatic heterocycles. The molecule has 0 bridgehead atoms. The second-order valence-corrected chi connectivity index (χ2v) is 11.8. The molecule has 0 fully saturated rings. The van der Waals surface area contributed by atoms with Crippen molar-refractivity contribution in [1.29, 1.82) is 0 Å². The van der Waals surface area contributed by atoms with E-state index in [-0.39, 0.29) is 10.8 Å². The minimum atomic E-state index is -1.84. The molecular formula is C14H25NOSi. The molecule has 17 heavy (non-hydrogen) atoms. The molecule has 3 heteroatoms. The highest BCUT2D eigenvalue weighted by atomic mass is 28.3. The molecule has 0 radical (unpaired) electrons. The van der Waals surface area contributed by atoms with E-state index in [2.05, 4.69) is 52.2 Å². The van der Waals surface area contributed by atoms with E-state index in [1.165, 1.54) is 0 Å². The predicted molar refractivity (Wildman–Crippen MR) is 76.9 cm³/mol. The van der Waals surface area contributed by atoms with Crippen LogP contribution in [0.2, 0.25) is 18.1 Å². The van der Waals surface area contributed by atoms with E-state index in [9.17, 15) is 4.79 Å². The first kappa shape index (κ1) is 14.4. The summed E-state index contributed by atoms with van der Waals surface area (Å²) in [6.45, 7) is 14.2. The van der Waals surface area contributed by atoms with Crippen LogP contribution in [0.1, 0.15) is 27.7 Å². The number of hydrogen-bond donors (Lipinski definition) is 1. The number of ketones is 1. The normalized spacial score (nSPS) is 25.4. The minimum absolute atomic E-state index is 0.167. The molecule has 1 atom stereocenters. The highest BCUT2D eigenvalue weighted by Crippen LogP contribution is 2.44. The van der Waals surface area contributed by atoms with Gasteiger partial charge in [-0.2, -0.15) is 0 Å². The van der Waals surface area contributed by atoms with Crippen LogP contribution in [-0.2, 0) is 4.79 Å². The third kappa shape index (κ3) is 2.18. The molecule has 0 aromatic rings. The van der Waals surface area contributed by atoms with Gasteiger partial charge in [0, 0.05) is 0 Å². The van der Waals surface area contributed by atoms with Gasteiger partial charge in [-0.1, -0.05) is 59.0 Å². The van der Waals surface area contributed by atoms with E-state index in [0.29, 0.717) is 0 Å². The summed E-state index contributed by atoms with van der Waals surface area (Å²) in [6.07, 6.45) is 7.63. The zero-order valence-corrected chi connectivity index (χ0v) is 12.9. The van der Waals surface area contributed by atoms with Gasteiger partial charge in [-0.3, -0.25) is 4.79 Å². The summed E-state index contributed by atoms with van der Waals surface area (Å²) in [5, 5.41) is 3.19. The van der Waals surface area contributed by atoms with Gasteiger partial charge in [-0.15, -0.1) is 0 Å². The van der Waals surface area contributed by atoms with Crippen molar-refractivity contribution in [3.05, 3.63) is 24.3 Å². The van der Waals surface area contributed by atoms with E-state index in [1.807, 2.05) is 12.2 Å². The Morgan fingerprint density at radius 2 is 1.88 bits per heavy atom. The number of carbonyl (C=O) groups excluding carboxylic acids is 1. The van der Waals surface area contributed by atoms with E-state index in [1.54, 1.807) is 6.08 Å². The molecule has 0 saturated carbocycles. The van der Waals surface area contributed by atoms with Gasteiger partial charge < -0.3 is 5.32 Å². The Labute approximate surface area is 106 Å². The number of rotatable bonds is 3. The van der Waals surface area contributed by atoms with Crippen molar-refractivity contribution in [2.75, 3.05) is 6.54 Å². The van der Waals surface area contributed by atoms with Crippen LogP contribution in [0.15, 0.2) is 24.3 Å². The van der Waals surface area contributed by atoms with E-state index in [0.717, 1.165) is 6.54 Å². The Balaban J connectivity index is 3.31. The van der Waals surface area contributed by atoms with Gasteiger partial charge in [0.1, 0.15) is 0 Å². The highest BCUT2D eigenvalue weighted by Gasteiger charge is 2.55. The Bertz CT molecular complexity index is 363. The molecule has 0 heterocycles. The fourth-order valence-electron chi connectivity index (χ4n) is 2.31. The summed E-state index contributed by atoms with van der Waals surface area (Å²) in [5.41, 5.74) is 0. The summed E-state index contributed by atoms with van der Waals surface area (Å²) in [7, 11) is -1.84. The lowest BCUT2D eigenvalue weighted by atomic mass is 10.1.